The molecule has 0 N–H and O–H groups in total. The summed E-state index contributed by atoms with van der Waals surface area (Å²) in [7, 11) is 0. The lowest BCUT2D eigenvalue weighted by molar-refractivity contribution is 1.11. The molecule has 49 heavy (non-hydrogen) atoms. The lowest BCUT2D eigenvalue weighted by atomic mass is 9.97. The number of hydrogen-bond donors (Lipinski definition) is 0. The number of pyridine rings is 1. The Balaban J connectivity index is 1.29. The second-order valence-corrected chi connectivity index (χ2v) is 13.3. The molecule has 3 nitrogen and oxygen atoms in total. The highest BCUT2D eigenvalue weighted by molar-refractivity contribution is 7.26. The molecular formula is C45H29N3S. The molecule has 3 heterocycles. The molecule has 0 aliphatic heterocycles. The molecule has 4 heteroatoms. The van der Waals surface area contributed by atoms with Crippen LogP contribution in [0.2, 0.25) is 0 Å². The van der Waals surface area contributed by atoms with Crippen LogP contribution in [0, 0.1) is 0 Å². The third-order valence-corrected chi connectivity index (χ3v) is 10.6. The summed E-state index contributed by atoms with van der Waals surface area (Å²) in [5, 5.41) is 6.64. The van der Waals surface area contributed by atoms with Gasteiger partial charge in [0.25, 0.3) is 0 Å². The van der Waals surface area contributed by atoms with E-state index in [9.17, 15) is 0 Å². The molecule has 3 aromatic heterocycles. The van der Waals surface area contributed by atoms with Gasteiger partial charge in [-0.25, -0.2) is 9.97 Å². The third-order valence-electron chi connectivity index (χ3n) is 9.41. The smallest absolute Gasteiger partial charge is 0.147 e. The fourth-order valence-electron chi connectivity index (χ4n) is 7.16. The number of benzene rings is 7. The van der Waals surface area contributed by atoms with Crippen molar-refractivity contribution in [3.05, 3.63) is 175 Å². The van der Waals surface area contributed by atoms with Crippen LogP contribution < -0.4 is 0 Å². The summed E-state index contributed by atoms with van der Waals surface area (Å²) in [4.78, 5) is 11.3. The quantitative estimate of drug-likeness (QED) is 0.186. The Morgan fingerprint density at radius 3 is 2.06 bits per heavy atom. The van der Waals surface area contributed by atoms with E-state index in [1.165, 1.54) is 0 Å². The van der Waals surface area contributed by atoms with Crippen LogP contribution in [-0.2, 0) is 6.37 Å². The van der Waals surface area contributed by atoms with Crippen LogP contribution in [0.3, 0.4) is 0 Å². The van der Waals surface area contributed by atoms with Gasteiger partial charge in [-0.3, -0.25) is 4.57 Å². The van der Waals surface area contributed by atoms with Gasteiger partial charge in [0, 0.05) is 52.2 Å². The number of imidazole rings is 1. The second-order valence-electron chi connectivity index (χ2n) is 12.3. The van der Waals surface area contributed by atoms with Crippen LogP contribution in [0.1, 0.15) is 14.0 Å². The van der Waals surface area contributed by atoms with Crippen LogP contribution in [0.25, 0.3) is 81.1 Å². The van der Waals surface area contributed by atoms with Gasteiger partial charge in [0.2, 0.25) is 0 Å². The SMILES string of the molecule is [2H]C([2H])(c1ccccc1)c1ccc2c(n1)sc1c(-c3nc4c5ccccc5ccc4n3-c3c(-c4ccccc4)ccc4ccccc34)cccc12. The lowest BCUT2D eigenvalue weighted by Gasteiger charge is -2.18. The van der Waals surface area contributed by atoms with Crippen molar-refractivity contribution in [2.24, 2.45) is 0 Å². The Kier molecular flexibility index (Phi) is 5.96. The third kappa shape index (κ3) is 4.56. The molecule has 0 unspecified atom stereocenters. The molecule has 0 radical (unpaired) electrons. The van der Waals surface area contributed by atoms with Crippen LogP contribution in [0.4, 0.5) is 0 Å². The summed E-state index contributed by atoms with van der Waals surface area (Å²) >= 11 is 1.60. The Bertz CT molecular complexity index is 2950. The Labute approximate surface area is 290 Å². The summed E-state index contributed by atoms with van der Waals surface area (Å²) in [5.41, 5.74) is 7.32. The van der Waals surface area contributed by atoms with E-state index in [2.05, 4.69) is 126 Å². The molecule has 0 bridgehead atoms. The summed E-state index contributed by atoms with van der Waals surface area (Å²) in [5.74, 6) is 0.854. The molecule has 0 aliphatic carbocycles. The molecular weight excluding hydrogens is 615 g/mol. The summed E-state index contributed by atoms with van der Waals surface area (Å²) in [6.45, 7) is 0. The van der Waals surface area contributed by atoms with Crippen LogP contribution >= 0.6 is 11.3 Å². The average molecular weight is 646 g/mol. The summed E-state index contributed by atoms with van der Waals surface area (Å²) in [6.07, 6.45) is -1.73. The van der Waals surface area contributed by atoms with Gasteiger partial charge in [-0.15, -0.1) is 11.3 Å². The monoisotopic (exact) mass is 645 g/mol. The topological polar surface area (TPSA) is 30.7 Å². The minimum absolute atomic E-state index is 0.399. The number of hydrogen-bond acceptors (Lipinski definition) is 3. The van der Waals surface area contributed by atoms with Crippen molar-refractivity contribution in [1.82, 2.24) is 14.5 Å². The molecule has 0 aliphatic rings. The molecule has 10 aromatic rings. The van der Waals surface area contributed by atoms with Gasteiger partial charge >= 0.3 is 0 Å². The van der Waals surface area contributed by atoms with E-state index in [1.807, 2.05) is 42.5 Å². The molecule has 230 valence electrons. The fourth-order valence-corrected chi connectivity index (χ4v) is 8.34. The van der Waals surface area contributed by atoms with Gasteiger partial charge in [0.15, 0.2) is 0 Å². The van der Waals surface area contributed by atoms with Gasteiger partial charge in [0.05, 0.1) is 16.7 Å². The molecule has 7 aromatic carbocycles. The molecule has 0 saturated heterocycles. The van der Waals surface area contributed by atoms with Crippen molar-refractivity contribution in [2.75, 3.05) is 0 Å². The van der Waals surface area contributed by atoms with E-state index < -0.39 is 6.37 Å². The van der Waals surface area contributed by atoms with Crippen molar-refractivity contribution >= 4 is 64.2 Å². The van der Waals surface area contributed by atoms with Crippen LogP contribution in [0.5, 0.6) is 0 Å². The maximum atomic E-state index is 9.00. The first-order valence-electron chi connectivity index (χ1n) is 17.4. The van der Waals surface area contributed by atoms with Crippen molar-refractivity contribution in [1.29, 1.82) is 0 Å². The Morgan fingerprint density at radius 1 is 0.531 bits per heavy atom. The Hall–Kier alpha value is -6.10. The second kappa shape index (κ2) is 11.3. The highest BCUT2D eigenvalue weighted by atomic mass is 32.1. The van der Waals surface area contributed by atoms with Crippen molar-refractivity contribution in [3.8, 4) is 28.2 Å². The number of thiophene rings is 1. The average Bonchev–Trinajstić information content (AvgIpc) is 3.77. The van der Waals surface area contributed by atoms with Crippen molar-refractivity contribution in [2.45, 2.75) is 6.37 Å². The normalized spacial score (nSPS) is 12.7. The fraction of sp³-hybridized carbons (Fsp3) is 0.0222. The summed E-state index contributed by atoms with van der Waals surface area (Å²) < 4.78 is 21.4. The molecule has 0 saturated carbocycles. The van der Waals surface area contributed by atoms with Crippen molar-refractivity contribution in [3.63, 3.8) is 0 Å². The molecule has 0 fully saturated rings. The molecule has 0 atom stereocenters. The predicted molar refractivity (Wildman–Crippen MR) is 207 cm³/mol. The van der Waals surface area contributed by atoms with Crippen molar-refractivity contribution < 1.29 is 2.74 Å². The maximum Gasteiger partial charge on any atom is 0.147 e. The zero-order chi connectivity index (χ0) is 34.1. The number of fused-ring (bicyclic) bond motifs is 7. The van der Waals surface area contributed by atoms with Gasteiger partial charge in [-0.05, 0) is 46.2 Å². The van der Waals surface area contributed by atoms with E-state index in [1.54, 1.807) is 11.3 Å². The first-order valence-corrected chi connectivity index (χ1v) is 17.2. The van der Waals surface area contributed by atoms with Gasteiger partial charge in [0.1, 0.15) is 10.7 Å². The van der Waals surface area contributed by atoms with E-state index >= 15 is 0 Å². The first kappa shape index (κ1) is 25.9. The molecule has 0 amide bonds. The van der Waals surface area contributed by atoms with E-state index in [-0.39, 0.29) is 0 Å². The standard InChI is InChI=1S/C45H29N3S/c1-3-12-29(13-4-1)28-33-24-26-38-37-20-11-21-39(43(37)49-45(38)46-33)44-47-41-34-18-9-7-16-31(34)23-27-40(41)48(44)42-35-19-10-8-17-32(35)22-25-36(42)30-14-5-2-6-15-30/h1-27H,28H2/i28D2. The summed E-state index contributed by atoms with van der Waals surface area (Å²) in [6, 6.07) is 56.0. The van der Waals surface area contributed by atoms with E-state index in [0.29, 0.717) is 11.3 Å². The largest absolute Gasteiger partial charge is 0.291 e. The zero-order valence-corrected chi connectivity index (χ0v) is 27.2. The first-order chi connectivity index (χ1) is 25.1. The predicted octanol–water partition coefficient (Wildman–Crippen LogP) is 12.0. The van der Waals surface area contributed by atoms with Gasteiger partial charge in [-0.1, -0.05) is 140 Å². The van der Waals surface area contributed by atoms with Crippen LogP contribution in [0.15, 0.2) is 164 Å². The minimum atomic E-state index is -1.73. The highest BCUT2D eigenvalue weighted by Gasteiger charge is 2.23. The zero-order valence-electron chi connectivity index (χ0n) is 28.3. The molecule has 0 spiro atoms. The molecule has 10 rings (SSSR count). The number of rotatable bonds is 5. The highest BCUT2D eigenvalue weighted by Crippen LogP contribution is 2.44. The van der Waals surface area contributed by atoms with E-state index in [4.69, 9.17) is 12.7 Å². The maximum absolute atomic E-state index is 9.00. The number of nitrogens with zero attached hydrogens (tertiary/aromatic N) is 3. The van der Waals surface area contributed by atoms with Gasteiger partial charge in [-0.2, -0.15) is 0 Å². The Morgan fingerprint density at radius 2 is 1.22 bits per heavy atom. The van der Waals surface area contributed by atoms with E-state index in [0.717, 1.165) is 81.1 Å². The number of aromatic nitrogens is 3. The minimum Gasteiger partial charge on any atom is -0.291 e. The van der Waals surface area contributed by atoms with Gasteiger partial charge < -0.3 is 0 Å². The lowest BCUT2D eigenvalue weighted by Crippen LogP contribution is -2.02. The van der Waals surface area contributed by atoms with Crippen LogP contribution in [-0.4, -0.2) is 14.5 Å².